The van der Waals surface area contributed by atoms with Crippen LogP contribution in [0.4, 0.5) is 5.69 Å². The SMILES string of the molecule is CCn1cc(Cl)c(C(=O)NNC(=S)Nc2cnn(CC)c2C)n1. The van der Waals surface area contributed by atoms with E-state index in [1.54, 1.807) is 17.1 Å². The molecule has 0 aliphatic rings. The summed E-state index contributed by atoms with van der Waals surface area (Å²) in [7, 11) is 0. The molecule has 0 aromatic carbocycles. The van der Waals surface area contributed by atoms with E-state index in [-0.39, 0.29) is 15.8 Å². The van der Waals surface area contributed by atoms with Crippen molar-refractivity contribution < 1.29 is 4.79 Å². The van der Waals surface area contributed by atoms with Crippen LogP contribution >= 0.6 is 23.8 Å². The smallest absolute Gasteiger partial charge is 0.291 e. The maximum absolute atomic E-state index is 12.0. The second-order valence-corrected chi connectivity index (χ2v) is 5.49. The van der Waals surface area contributed by atoms with E-state index in [9.17, 15) is 4.79 Å². The third kappa shape index (κ3) is 3.99. The number of amides is 1. The van der Waals surface area contributed by atoms with E-state index in [4.69, 9.17) is 23.8 Å². The second-order valence-electron chi connectivity index (χ2n) is 4.67. The number of nitrogens with zero attached hydrogens (tertiary/aromatic N) is 4. The Morgan fingerprint density at radius 1 is 1.35 bits per heavy atom. The first-order chi connectivity index (χ1) is 11.0. The molecular formula is C13H18ClN7OS. The molecule has 0 atom stereocenters. The van der Waals surface area contributed by atoms with Gasteiger partial charge in [-0.15, -0.1) is 0 Å². The topological polar surface area (TPSA) is 88.8 Å². The zero-order valence-corrected chi connectivity index (χ0v) is 14.6. The van der Waals surface area contributed by atoms with Crippen molar-refractivity contribution in [3.05, 3.63) is 28.8 Å². The molecule has 2 heterocycles. The van der Waals surface area contributed by atoms with Gasteiger partial charge < -0.3 is 5.32 Å². The van der Waals surface area contributed by atoms with Crippen molar-refractivity contribution in [3.63, 3.8) is 0 Å². The van der Waals surface area contributed by atoms with Crippen LogP contribution < -0.4 is 16.2 Å². The molecule has 0 radical (unpaired) electrons. The summed E-state index contributed by atoms with van der Waals surface area (Å²) in [5.74, 6) is -0.465. The lowest BCUT2D eigenvalue weighted by atomic mass is 10.4. The van der Waals surface area contributed by atoms with Gasteiger partial charge in [0.15, 0.2) is 10.8 Å². The fourth-order valence-electron chi connectivity index (χ4n) is 1.93. The van der Waals surface area contributed by atoms with Crippen LogP contribution in [-0.4, -0.2) is 30.6 Å². The summed E-state index contributed by atoms with van der Waals surface area (Å²) in [4.78, 5) is 12.0. The molecule has 10 heteroatoms. The highest BCUT2D eigenvalue weighted by atomic mass is 35.5. The predicted molar refractivity (Wildman–Crippen MR) is 92.4 cm³/mol. The van der Waals surface area contributed by atoms with Crippen molar-refractivity contribution in [2.45, 2.75) is 33.9 Å². The van der Waals surface area contributed by atoms with Crippen molar-refractivity contribution >= 4 is 40.5 Å². The number of hydrogen-bond acceptors (Lipinski definition) is 4. The van der Waals surface area contributed by atoms with Crippen molar-refractivity contribution in [1.29, 1.82) is 0 Å². The quantitative estimate of drug-likeness (QED) is 0.571. The molecule has 0 saturated heterocycles. The van der Waals surface area contributed by atoms with E-state index in [0.717, 1.165) is 17.9 Å². The number of aromatic nitrogens is 4. The van der Waals surface area contributed by atoms with Gasteiger partial charge in [0.1, 0.15) is 0 Å². The average Bonchev–Trinajstić information content (AvgIpc) is 3.08. The Kier molecular flexibility index (Phi) is 5.56. The van der Waals surface area contributed by atoms with E-state index < -0.39 is 5.91 Å². The fraction of sp³-hybridized carbons (Fsp3) is 0.385. The van der Waals surface area contributed by atoms with E-state index in [1.165, 1.54) is 0 Å². The third-order valence-electron chi connectivity index (χ3n) is 3.20. The number of thiocarbonyl (C=S) groups is 1. The Hall–Kier alpha value is -2.13. The number of carbonyl (C=O) groups is 1. The van der Waals surface area contributed by atoms with Gasteiger partial charge in [-0.1, -0.05) is 11.6 Å². The standard InChI is InChI=1S/C13H18ClN7OS/c1-4-20-7-9(14)11(19-20)12(22)17-18-13(23)16-10-6-15-21(5-2)8(10)3/h6-7H,4-5H2,1-3H3,(H,17,22)(H2,16,18,23). The number of anilines is 1. The highest BCUT2D eigenvalue weighted by molar-refractivity contribution is 7.80. The summed E-state index contributed by atoms with van der Waals surface area (Å²) in [6, 6.07) is 0. The van der Waals surface area contributed by atoms with Gasteiger partial charge in [-0.25, -0.2) is 0 Å². The molecule has 0 aliphatic heterocycles. The highest BCUT2D eigenvalue weighted by Crippen LogP contribution is 2.14. The minimum Gasteiger partial charge on any atom is -0.329 e. The van der Waals surface area contributed by atoms with Crippen LogP contribution in [-0.2, 0) is 13.1 Å². The summed E-state index contributed by atoms with van der Waals surface area (Å²) in [5.41, 5.74) is 6.93. The molecule has 0 unspecified atom stereocenters. The lowest BCUT2D eigenvalue weighted by molar-refractivity contribution is 0.0938. The zero-order chi connectivity index (χ0) is 17.0. The number of carbonyl (C=O) groups excluding carboxylic acids is 1. The Morgan fingerprint density at radius 2 is 2.09 bits per heavy atom. The first-order valence-electron chi connectivity index (χ1n) is 7.08. The normalized spacial score (nSPS) is 10.4. The van der Waals surface area contributed by atoms with Gasteiger partial charge in [-0.05, 0) is 33.0 Å². The Bertz CT molecular complexity index is 724. The number of halogens is 1. The molecule has 8 nitrogen and oxygen atoms in total. The first-order valence-corrected chi connectivity index (χ1v) is 7.87. The molecule has 2 aromatic heterocycles. The van der Waals surface area contributed by atoms with Crippen LogP contribution in [0.2, 0.25) is 5.02 Å². The molecule has 2 aromatic rings. The molecular weight excluding hydrogens is 338 g/mol. The summed E-state index contributed by atoms with van der Waals surface area (Å²) < 4.78 is 3.41. The second kappa shape index (κ2) is 7.42. The van der Waals surface area contributed by atoms with Gasteiger partial charge in [0.05, 0.1) is 22.6 Å². The molecule has 124 valence electrons. The molecule has 2 rings (SSSR count). The summed E-state index contributed by atoms with van der Waals surface area (Å²) in [5, 5.41) is 11.8. The number of nitrogens with one attached hydrogen (secondary N) is 3. The van der Waals surface area contributed by atoms with Gasteiger partial charge in [0.2, 0.25) is 0 Å². The third-order valence-corrected chi connectivity index (χ3v) is 3.68. The van der Waals surface area contributed by atoms with Crippen molar-refractivity contribution in [3.8, 4) is 0 Å². The summed E-state index contributed by atoms with van der Waals surface area (Å²) in [6.45, 7) is 7.22. The molecule has 0 saturated carbocycles. The molecule has 3 N–H and O–H groups in total. The minimum absolute atomic E-state index is 0.138. The molecule has 0 bridgehead atoms. The number of hydrazine groups is 1. The Labute approximate surface area is 144 Å². The molecule has 23 heavy (non-hydrogen) atoms. The van der Waals surface area contributed by atoms with Gasteiger partial charge >= 0.3 is 0 Å². The van der Waals surface area contributed by atoms with Crippen LogP contribution in [0, 0.1) is 6.92 Å². The number of aryl methyl sites for hydroxylation is 2. The largest absolute Gasteiger partial charge is 0.329 e. The Morgan fingerprint density at radius 3 is 2.65 bits per heavy atom. The molecule has 0 fully saturated rings. The van der Waals surface area contributed by atoms with Crippen molar-refractivity contribution in [2.24, 2.45) is 0 Å². The van der Waals surface area contributed by atoms with Crippen LogP contribution in [0.1, 0.15) is 30.0 Å². The van der Waals surface area contributed by atoms with Crippen LogP contribution in [0.3, 0.4) is 0 Å². The Balaban J connectivity index is 1.92. The van der Waals surface area contributed by atoms with E-state index >= 15 is 0 Å². The van der Waals surface area contributed by atoms with Crippen LogP contribution in [0.25, 0.3) is 0 Å². The van der Waals surface area contributed by atoms with E-state index in [0.29, 0.717) is 6.54 Å². The van der Waals surface area contributed by atoms with Gasteiger partial charge in [0, 0.05) is 19.3 Å². The maximum Gasteiger partial charge on any atom is 0.291 e. The molecule has 0 spiro atoms. The van der Waals surface area contributed by atoms with E-state index in [1.807, 2.05) is 25.5 Å². The van der Waals surface area contributed by atoms with Crippen molar-refractivity contribution in [2.75, 3.05) is 5.32 Å². The minimum atomic E-state index is -0.465. The number of hydrogen-bond donors (Lipinski definition) is 3. The van der Waals surface area contributed by atoms with Crippen molar-refractivity contribution in [1.82, 2.24) is 30.4 Å². The molecule has 1 amide bonds. The molecule has 0 aliphatic carbocycles. The van der Waals surface area contributed by atoms with Crippen LogP contribution in [0.5, 0.6) is 0 Å². The maximum atomic E-state index is 12.0. The monoisotopic (exact) mass is 355 g/mol. The van der Waals surface area contributed by atoms with E-state index in [2.05, 4.69) is 26.4 Å². The average molecular weight is 356 g/mol. The zero-order valence-electron chi connectivity index (χ0n) is 13.1. The van der Waals surface area contributed by atoms with Crippen LogP contribution in [0.15, 0.2) is 12.4 Å². The number of rotatable bonds is 4. The predicted octanol–water partition coefficient (Wildman–Crippen LogP) is 1.71. The highest BCUT2D eigenvalue weighted by Gasteiger charge is 2.15. The lowest BCUT2D eigenvalue weighted by Crippen LogP contribution is -2.44. The summed E-state index contributed by atoms with van der Waals surface area (Å²) in [6.07, 6.45) is 3.27. The van der Waals surface area contributed by atoms with Gasteiger partial charge in [-0.3, -0.25) is 25.0 Å². The lowest BCUT2D eigenvalue weighted by Gasteiger charge is -2.10. The van der Waals surface area contributed by atoms with Gasteiger partial charge in [-0.2, -0.15) is 10.2 Å². The first kappa shape index (κ1) is 17.2. The summed E-state index contributed by atoms with van der Waals surface area (Å²) >= 11 is 11.1. The fourth-order valence-corrected chi connectivity index (χ4v) is 2.32. The van der Waals surface area contributed by atoms with Gasteiger partial charge in [0.25, 0.3) is 5.91 Å².